The molecule has 2 aromatic carbocycles. The second-order valence-electron chi connectivity index (χ2n) is 7.66. The Morgan fingerprint density at radius 2 is 1.94 bits per heavy atom. The molecule has 1 amide bonds. The molecule has 3 heterocycles. The van der Waals surface area contributed by atoms with E-state index in [2.05, 4.69) is 0 Å². The minimum absolute atomic E-state index is 0.0393. The first-order chi connectivity index (χ1) is 14.9. The van der Waals surface area contributed by atoms with Crippen LogP contribution in [-0.4, -0.2) is 35.0 Å². The van der Waals surface area contributed by atoms with Crippen LogP contribution in [0.5, 0.6) is 0 Å². The second-order valence-corrected chi connectivity index (χ2v) is 7.66. The van der Waals surface area contributed by atoms with Gasteiger partial charge in [-0.3, -0.25) is 19.7 Å². The molecule has 2 atom stereocenters. The summed E-state index contributed by atoms with van der Waals surface area (Å²) in [5, 5.41) is 11.1. The normalized spacial score (nSPS) is 20.4. The monoisotopic (exact) mass is 424 g/mol. The first kappa shape index (κ1) is 19.4. The molecular weight excluding hydrogens is 407 g/mol. The number of non-ortho nitro benzene ring substituents is 1. The summed E-state index contributed by atoms with van der Waals surface area (Å²) < 4.78 is 25.2. The van der Waals surface area contributed by atoms with Crippen LogP contribution < -0.4 is 5.43 Å². The third kappa shape index (κ3) is 3.17. The van der Waals surface area contributed by atoms with Crippen molar-refractivity contribution in [3.63, 3.8) is 0 Å². The van der Waals surface area contributed by atoms with Gasteiger partial charge in [-0.05, 0) is 48.7 Å². The maximum atomic E-state index is 13.8. The lowest BCUT2D eigenvalue weighted by Crippen LogP contribution is -2.36. The van der Waals surface area contributed by atoms with Crippen molar-refractivity contribution < 1.29 is 23.3 Å². The number of hydrogen-bond acceptors (Lipinski definition) is 6. The minimum atomic E-state index is -0.809. The Morgan fingerprint density at radius 3 is 2.61 bits per heavy atom. The highest BCUT2D eigenvalue weighted by Gasteiger charge is 2.44. The van der Waals surface area contributed by atoms with Gasteiger partial charge < -0.3 is 14.1 Å². The SMILES string of the molecule is O=C1c2oc3ccc(F)cc3c(=O)c2[C@H](c2ccc([N+](=O)[O-])cc2)N1C[C@H]1CCCO1. The summed E-state index contributed by atoms with van der Waals surface area (Å²) >= 11 is 0. The Bertz CT molecular complexity index is 1260. The maximum absolute atomic E-state index is 13.8. The molecule has 5 rings (SSSR count). The van der Waals surface area contributed by atoms with E-state index in [1.54, 1.807) is 0 Å². The lowest BCUT2D eigenvalue weighted by Gasteiger charge is -2.27. The molecule has 31 heavy (non-hydrogen) atoms. The van der Waals surface area contributed by atoms with Crippen LogP contribution in [0.1, 0.15) is 40.6 Å². The standard InChI is InChI=1S/C22H17FN2O6/c23-13-5-8-17-16(10-13)20(26)18-19(12-3-6-14(7-4-12)25(28)29)24(22(27)21(18)31-17)11-15-2-1-9-30-15/h3-8,10,15,19H,1-2,9,11H2/t15-,19+/m1/s1. The van der Waals surface area contributed by atoms with Gasteiger partial charge in [-0.15, -0.1) is 0 Å². The molecule has 0 radical (unpaired) electrons. The van der Waals surface area contributed by atoms with Crippen LogP contribution in [0.4, 0.5) is 10.1 Å². The quantitative estimate of drug-likeness (QED) is 0.469. The highest BCUT2D eigenvalue weighted by molar-refractivity contribution is 5.99. The van der Waals surface area contributed by atoms with Gasteiger partial charge in [0.2, 0.25) is 5.76 Å². The molecule has 0 aliphatic carbocycles. The molecule has 158 valence electrons. The fraction of sp³-hybridized carbons (Fsp3) is 0.273. The number of rotatable bonds is 4. The average Bonchev–Trinajstić information content (AvgIpc) is 3.36. The highest BCUT2D eigenvalue weighted by Crippen LogP contribution is 2.39. The summed E-state index contributed by atoms with van der Waals surface area (Å²) in [7, 11) is 0. The summed E-state index contributed by atoms with van der Waals surface area (Å²) in [5.74, 6) is -1.14. The lowest BCUT2D eigenvalue weighted by atomic mass is 9.98. The summed E-state index contributed by atoms with van der Waals surface area (Å²) in [6, 6.07) is 8.44. The van der Waals surface area contributed by atoms with Crippen LogP contribution in [-0.2, 0) is 4.74 Å². The van der Waals surface area contributed by atoms with E-state index in [1.807, 2.05) is 0 Å². The molecule has 0 saturated carbocycles. The van der Waals surface area contributed by atoms with Gasteiger partial charge in [0.25, 0.3) is 11.6 Å². The number of nitrogens with zero attached hydrogens (tertiary/aromatic N) is 2. The second kappa shape index (κ2) is 7.28. The topological polar surface area (TPSA) is 103 Å². The Labute approximate surface area is 175 Å². The lowest BCUT2D eigenvalue weighted by molar-refractivity contribution is -0.384. The average molecular weight is 424 g/mol. The predicted octanol–water partition coefficient (Wildman–Crippen LogP) is 3.56. The molecule has 0 unspecified atom stereocenters. The number of ether oxygens (including phenoxy) is 1. The zero-order valence-electron chi connectivity index (χ0n) is 16.2. The zero-order chi connectivity index (χ0) is 21.7. The van der Waals surface area contributed by atoms with Crippen molar-refractivity contribution in [2.24, 2.45) is 0 Å². The van der Waals surface area contributed by atoms with Crippen LogP contribution in [0.15, 0.2) is 51.7 Å². The number of hydrogen-bond donors (Lipinski definition) is 0. The Balaban J connectivity index is 1.69. The largest absolute Gasteiger partial charge is 0.450 e. The van der Waals surface area contributed by atoms with E-state index in [9.17, 15) is 24.1 Å². The molecule has 1 aromatic heterocycles. The van der Waals surface area contributed by atoms with Crippen molar-refractivity contribution in [2.45, 2.75) is 25.0 Å². The van der Waals surface area contributed by atoms with Gasteiger partial charge in [0.15, 0.2) is 5.43 Å². The van der Waals surface area contributed by atoms with Crippen molar-refractivity contribution in [2.75, 3.05) is 13.2 Å². The van der Waals surface area contributed by atoms with Crippen LogP contribution in [0, 0.1) is 15.9 Å². The van der Waals surface area contributed by atoms with E-state index in [-0.39, 0.29) is 40.6 Å². The van der Waals surface area contributed by atoms with Gasteiger partial charge in [0, 0.05) is 25.3 Å². The van der Waals surface area contributed by atoms with Gasteiger partial charge >= 0.3 is 0 Å². The molecule has 1 fully saturated rings. The minimum Gasteiger partial charge on any atom is -0.450 e. The number of benzene rings is 2. The first-order valence-corrected chi connectivity index (χ1v) is 9.87. The fourth-order valence-corrected chi connectivity index (χ4v) is 4.31. The van der Waals surface area contributed by atoms with Crippen LogP contribution in [0.2, 0.25) is 0 Å². The van der Waals surface area contributed by atoms with Crippen LogP contribution in [0.25, 0.3) is 11.0 Å². The van der Waals surface area contributed by atoms with Crippen molar-refractivity contribution in [1.82, 2.24) is 4.90 Å². The highest BCUT2D eigenvalue weighted by atomic mass is 19.1. The third-order valence-corrected chi connectivity index (χ3v) is 5.77. The fourth-order valence-electron chi connectivity index (χ4n) is 4.31. The van der Waals surface area contributed by atoms with Crippen molar-refractivity contribution in [3.8, 4) is 0 Å². The van der Waals surface area contributed by atoms with E-state index >= 15 is 0 Å². The molecule has 0 spiro atoms. The van der Waals surface area contributed by atoms with E-state index in [0.717, 1.165) is 25.0 Å². The molecule has 3 aromatic rings. The van der Waals surface area contributed by atoms with E-state index in [1.165, 1.54) is 35.2 Å². The molecule has 1 saturated heterocycles. The molecule has 8 nitrogen and oxygen atoms in total. The van der Waals surface area contributed by atoms with Gasteiger partial charge in [0.05, 0.1) is 28.0 Å². The number of fused-ring (bicyclic) bond motifs is 2. The smallest absolute Gasteiger partial charge is 0.291 e. The number of carbonyl (C=O) groups excluding carboxylic acids is 1. The summed E-state index contributed by atoms with van der Waals surface area (Å²) in [6.07, 6.45) is 1.48. The Morgan fingerprint density at radius 1 is 1.16 bits per heavy atom. The number of nitro groups is 1. The van der Waals surface area contributed by atoms with Crippen LogP contribution in [0.3, 0.4) is 0 Å². The number of carbonyl (C=O) groups is 1. The number of nitro benzene ring substituents is 1. The van der Waals surface area contributed by atoms with Crippen molar-refractivity contribution in [1.29, 1.82) is 0 Å². The third-order valence-electron chi connectivity index (χ3n) is 5.77. The summed E-state index contributed by atoms with van der Waals surface area (Å²) in [4.78, 5) is 38.6. The zero-order valence-corrected chi connectivity index (χ0v) is 16.2. The Kier molecular flexibility index (Phi) is 4.55. The first-order valence-electron chi connectivity index (χ1n) is 9.87. The van der Waals surface area contributed by atoms with E-state index in [0.29, 0.717) is 12.2 Å². The maximum Gasteiger partial charge on any atom is 0.291 e. The summed E-state index contributed by atoms with van der Waals surface area (Å²) in [5.41, 5.74) is 0.155. The van der Waals surface area contributed by atoms with E-state index < -0.39 is 28.1 Å². The molecule has 0 N–H and O–H groups in total. The molecule has 2 aliphatic heterocycles. The Hall–Kier alpha value is -3.59. The molecule has 2 aliphatic rings. The number of amides is 1. The molecule has 9 heteroatoms. The van der Waals surface area contributed by atoms with Crippen LogP contribution >= 0.6 is 0 Å². The van der Waals surface area contributed by atoms with Crippen molar-refractivity contribution in [3.05, 3.63) is 85.5 Å². The van der Waals surface area contributed by atoms with Crippen molar-refractivity contribution >= 4 is 22.6 Å². The van der Waals surface area contributed by atoms with E-state index in [4.69, 9.17) is 9.15 Å². The summed E-state index contributed by atoms with van der Waals surface area (Å²) in [6.45, 7) is 0.844. The predicted molar refractivity (Wildman–Crippen MR) is 107 cm³/mol. The molecule has 0 bridgehead atoms. The van der Waals surface area contributed by atoms with Gasteiger partial charge in [0.1, 0.15) is 11.4 Å². The van der Waals surface area contributed by atoms with Gasteiger partial charge in [-0.1, -0.05) is 0 Å². The van der Waals surface area contributed by atoms with Gasteiger partial charge in [-0.2, -0.15) is 0 Å². The number of halogens is 1. The van der Waals surface area contributed by atoms with Gasteiger partial charge in [-0.25, -0.2) is 4.39 Å². The molecular formula is C22H17FN2O6.